The Balaban J connectivity index is 1.75. The van der Waals surface area contributed by atoms with Gasteiger partial charge in [0.2, 0.25) is 5.76 Å². The number of hydrogen-bond donors (Lipinski definition) is 0. The maximum atomic E-state index is 12.9. The van der Waals surface area contributed by atoms with Gasteiger partial charge in [0.25, 0.3) is 0 Å². The lowest BCUT2D eigenvalue weighted by Gasteiger charge is -2.57. The van der Waals surface area contributed by atoms with Gasteiger partial charge in [0.1, 0.15) is 0 Å². The standard InChI is InChI=1S/C28H36O5/c1-18-16-27(5)22(21-10-7-6-9-20(30)12-13-26(3,4)24(18)21)15-19(2)28(27,17-29)33-25(31)23-11-8-14-32-23/h6,8-9,11-14,17-19,21-22,24H,7,10,15-16H2,1-5H3/b9-6+,13-12-/t18-,19+,21?,22?,24?,27-,28+/m0/s1. The number of carbonyl (C=O) groups excluding carboxylic acids is 3. The zero-order valence-electron chi connectivity index (χ0n) is 20.4. The van der Waals surface area contributed by atoms with Crippen molar-refractivity contribution in [3.05, 3.63) is 48.5 Å². The first-order valence-corrected chi connectivity index (χ1v) is 12.2. The van der Waals surface area contributed by atoms with Crippen LogP contribution in [-0.4, -0.2) is 23.6 Å². The fourth-order valence-corrected chi connectivity index (χ4v) is 7.80. The molecule has 2 fully saturated rings. The highest BCUT2D eigenvalue weighted by molar-refractivity contribution is 5.99. The van der Waals surface area contributed by atoms with Crippen molar-refractivity contribution in [2.24, 2.45) is 40.4 Å². The van der Waals surface area contributed by atoms with Crippen molar-refractivity contribution in [2.45, 2.75) is 65.9 Å². The predicted octanol–water partition coefficient (Wildman–Crippen LogP) is 5.81. The molecule has 1 heterocycles. The number of aldehydes is 1. The van der Waals surface area contributed by atoms with Crippen LogP contribution < -0.4 is 0 Å². The van der Waals surface area contributed by atoms with Gasteiger partial charge in [0, 0.05) is 11.3 Å². The van der Waals surface area contributed by atoms with E-state index in [-0.39, 0.29) is 28.8 Å². The molecule has 3 unspecified atom stereocenters. The molecule has 0 bridgehead atoms. The van der Waals surface area contributed by atoms with E-state index in [0.29, 0.717) is 17.8 Å². The Morgan fingerprint density at radius 2 is 1.97 bits per heavy atom. The second-order valence-corrected chi connectivity index (χ2v) is 11.3. The monoisotopic (exact) mass is 452 g/mol. The summed E-state index contributed by atoms with van der Waals surface area (Å²) >= 11 is 0. The molecule has 33 heavy (non-hydrogen) atoms. The quantitative estimate of drug-likeness (QED) is 0.427. The van der Waals surface area contributed by atoms with Crippen LogP contribution in [0.2, 0.25) is 0 Å². The minimum Gasteiger partial charge on any atom is -0.457 e. The molecule has 0 saturated heterocycles. The number of ether oxygens (including phenoxy) is 1. The summed E-state index contributed by atoms with van der Waals surface area (Å²) < 4.78 is 11.4. The molecular formula is C28H36O5. The molecule has 4 rings (SSSR count). The number of esters is 1. The molecular weight excluding hydrogens is 416 g/mol. The van der Waals surface area contributed by atoms with E-state index in [1.165, 1.54) is 6.26 Å². The van der Waals surface area contributed by atoms with Crippen molar-refractivity contribution >= 4 is 18.0 Å². The molecule has 0 aromatic carbocycles. The molecule has 3 aliphatic rings. The summed E-state index contributed by atoms with van der Waals surface area (Å²) in [6.07, 6.45) is 13.1. The molecule has 0 amide bonds. The predicted molar refractivity (Wildman–Crippen MR) is 125 cm³/mol. The zero-order valence-corrected chi connectivity index (χ0v) is 20.4. The normalized spacial score (nSPS) is 42.0. The SMILES string of the molecule is C[C@@H]1CC2C3CC/C=C/C(=O)/C=C\C(C)(C)C3[C@@H](C)C[C@]2(C)[C@]1(C=O)OC(=O)c1ccco1. The van der Waals surface area contributed by atoms with Gasteiger partial charge in [0.15, 0.2) is 17.7 Å². The summed E-state index contributed by atoms with van der Waals surface area (Å²) in [7, 11) is 0. The molecule has 5 nitrogen and oxygen atoms in total. The minimum atomic E-state index is -1.19. The first-order valence-electron chi connectivity index (χ1n) is 12.2. The fraction of sp³-hybridized carbons (Fsp3) is 0.607. The topological polar surface area (TPSA) is 73.6 Å². The molecule has 0 spiro atoms. The van der Waals surface area contributed by atoms with E-state index in [0.717, 1.165) is 32.0 Å². The molecule has 3 aliphatic carbocycles. The third kappa shape index (κ3) is 3.74. The van der Waals surface area contributed by atoms with Crippen LogP contribution in [0.25, 0.3) is 0 Å². The zero-order chi connectivity index (χ0) is 24.0. The number of fused-ring (bicyclic) bond motifs is 3. The van der Waals surface area contributed by atoms with Crippen LogP contribution in [0.5, 0.6) is 0 Å². The smallest absolute Gasteiger partial charge is 0.375 e. The number of hydrogen-bond acceptors (Lipinski definition) is 5. The summed E-state index contributed by atoms with van der Waals surface area (Å²) in [6.45, 7) is 10.9. The van der Waals surface area contributed by atoms with E-state index in [1.807, 2.05) is 13.0 Å². The summed E-state index contributed by atoms with van der Waals surface area (Å²) in [6, 6.07) is 3.22. The Hall–Kier alpha value is -2.43. The van der Waals surface area contributed by atoms with Gasteiger partial charge >= 0.3 is 5.97 Å². The van der Waals surface area contributed by atoms with Crippen molar-refractivity contribution < 1.29 is 23.5 Å². The van der Waals surface area contributed by atoms with Gasteiger partial charge in [-0.2, -0.15) is 0 Å². The fourth-order valence-electron chi connectivity index (χ4n) is 7.80. The van der Waals surface area contributed by atoms with Gasteiger partial charge in [-0.25, -0.2) is 4.79 Å². The largest absolute Gasteiger partial charge is 0.457 e. The van der Waals surface area contributed by atoms with Gasteiger partial charge in [-0.05, 0) is 79.1 Å². The number of rotatable bonds is 3. The Morgan fingerprint density at radius 1 is 1.21 bits per heavy atom. The van der Waals surface area contributed by atoms with Crippen LogP contribution in [-0.2, 0) is 14.3 Å². The second kappa shape index (κ2) is 8.41. The van der Waals surface area contributed by atoms with E-state index >= 15 is 0 Å². The van der Waals surface area contributed by atoms with E-state index < -0.39 is 17.0 Å². The maximum absolute atomic E-state index is 12.9. The van der Waals surface area contributed by atoms with Gasteiger partial charge in [-0.15, -0.1) is 0 Å². The molecule has 1 aromatic rings. The molecule has 0 radical (unpaired) electrons. The summed E-state index contributed by atoms with van der Waals surface area (Å²) in [5.41, 5.74) is -1.82. The highest BCUT2D eigenvalue weighted by Crippen LogP contribution is 2.67. The highest BCUT2D eigenvalue weighted by atomic mass is 16.6. The van der Waals surface area contributed by atoms with Crippen molar-refractivity contribution in [1.29, 1.82) is 0 Å². The van der Waals surface area contributed by atoms with Crippen molar-refractivity contribution in [2.75, 3.05) is 0 Å². The van der Waals surface area contributed by atoms with Gasteiger partial charge in [0.05, 0.1) is 6.26 Å². The molecule has 178 valence electrons. The lowest BCUT2D eigenvalue weighted by molar-refractivity contribution is -0.161. The third-order valence-corrected chi connectivity index (χ3v) is 9.03. The molecule has 5 heteroatoms. The summed E-state index contributed by atoms with van der Waals surface area (Å²) in [5.74, 6) is 0.726. The van der Waals surface area contributed by atoms with Crippen LogP contribution in [0, 0.1) is 40.4 Å². The average molecular weight is 453 g/mol. The van der Waals surface area contributed by atoms with Gasteiger partial charge in [-0.3, -0.25) is 9.59 Å². The molecule has 7 atom stereocenters. The van der Waals surface area contributed by atoms with E-state index in [4.69, 9.17) is 9.15 Å². The number of furan rings is 1. The van der Waals surface area contributed by atoms with Gasteiger partial charge in [-0.1, -0.05) is 46.8 Å². The highest BCUT2D eigenvalue weighted by Gasteiger charge is 2.69. The van der Waals surface area contributed by atoms with Crippen molar-refractivity contribution in [1.82, 2.24) is 0 Å². The number of allylic oxidation sites excluding steroid dienone is 4. The molecule has 0 N–H and O–H groups in total. The molecule has 1 aromatic heterocycles. The average Bonchev–Trinajstić information content (AvgIpc) is 3.36. The lowest BCUT2D eigenvalue weighted by atomic mass is 9.48. The van der Waals surface area contributed by atoms with E-state index in [2.05, 4.69) is 33.8 Å². The van der Waals surface area contributed by atoms with Crippen LogP contribution in [0.4, 0.5) is 0 Å². The maximum Gasteiger partial charge on any atom is 0.375 e. The van der Waals surface area contributed by atoms with Gasteiger partial charge < -0.3 is 9.15 Å². The minimum absolute atomic E-state index is 0.0362. The lowest BCUT2D eigenvalue weighted by Crippen LogP contribution is -2.58. The summed E-state index contributed by atoms with van der Waals surface area (Å²) in [4.78, 5) is 37.9. The molecule has 2 saturated carbocycles. The molecule has 0 aliphatic heterocycles. The Labute approximate surface area is 196 Å². The first-order chi connectivity index (χ1) is 15.6. The number of ketones is 1. The first kappa shape index (κ1) is 23.7. The Kier molecular flexibility index (Phi) is 6.05. The summed E-state index contributed by atoms with van der Waals surface area (Å²) in [5, 5.41) is 0. The van der Waals surface area contributed by atoms with E-state index in [1.54, 1.807) is 24.3 Å². The van der Waals surface area contributed by atoms with Crippen molar-refractivity contribution in [3.63, 3.8) is 0 Å². The Morgan fingerprint density at radius 3 is 2.64 bits per heavy atom. The van der Waals surface area contributed by atoms with Crippen LogP contribution in [0.15, 0.2) is 47.1 Å². The Bertz CT molecular complexity index is 970. The second-order valence-electron chi connectivity index (χ2n) is 11.3. The van der Waals surface area contributed by atoms with Crippen LogP contribution in [0.1, 0.15) is 70.9 Å². The van der Waals surface area contributed by atoms with Crippen LogP contribution in [0.3, 0.4) is 0 Å². The van der Waals surface area contributed by atoms with E-state index in [9.17, 15) is 14.4 Å². The van der Waals surface area contributed by atoms with Crippen LogP contribution >= 0.6 is 0 Å². The number of carbonyl (C=O) groups is 3. The van der Waals surface area contributed by atoms with Crippen molar-refractivity contribution in [3.8, 4) is 0 Å². The third-order valence-electron chi connectivity index (χ3n) is 9.03.